The van der Waals surface area contributed by atoms with Gasteiger partial charge in [-0.2, -0.15) is 0 Å². The average molecular weight is 241 g/mol. The molecule has 18 heavy (non-hydrogen) atoms. The third kappa shape index (κ3) is 1.86. The SMILES string of the molecule is O=C1C=C(NCC2CCC2)C(=O)c2ccccc21. The van der Waals surface area contributed by atoms with E-state index in [-0.39, 0.29) is 11.6 Å². The molecule has 2 aliphatic rings. The summed E-state index contributed by atoms with van der Waals surface area (Å²) >= 11 is 0. The standard InChI is InChI=1S/C15H15NO2/c17-14-8-13(16-9-10-4-3-5-10)15(18)12-7-2-1-6-11(12)14/h1-2,6-8,10,16H,3-5,9H2. The topological polar surface area (TPSA) is 46.2 Å². The number of benzene rings is 1. The molecular weight excluding hydrogens is 226 g/mol. The van der Waals surface area contributed by atoms with Gasteiger partial charge in [0.1, 0.15) is 0 Å². The lowest BCUT2D eigenvalue weighted by atomic mass is 9.85. The molecule has 1 saturated carbocycles. The zero-order valence-corrected chi connectivity index (χ0v) is 10.1. The van der Waals surface area contributed by atoms with Crippen molar-refractivity contribution in [1.29, 1.82) is 0 Å². The second-order valence-electron chi connectivity index (χ2n) is 4.97. The number of allylic oxidation sites excluding steroid dienone is 2. The Morgan fingerprint density at radius 3 is 2.50 bits per heavy atom. The number of nitrogens with one attached hydrogen (secondary N) is 1. The molecule has 3 rings (SSSR count). The maximum Gasteiger partial charge on any atom is 0.209 e. The number of Topliss-reactive ketones (excluding diaryl/α,β-unsaturated/α-hetero) is 1. The number of ketones is 2. The van der Waals surface area contributed by atoms with Crippen LogP contribution in [0.25, 0.3) is 0 Å². The van der Waals surface area contributed by atoms with E-state index >= 15 is 0 Å². The fraction of sp³-hybridized carbons (Fsp3) is 0.333. The van der Waals surface area contributed by atoms with E-state index in [1.807, 2.05) is 0 Å². The zero-order valence-electron chi connectivity index (χ0n) is 10.1. The molecule has 0 aromatic heterocycles. The Kier molecular flexibility index (Phi) is 2.74. The minimum atomic E-state index is -0.0821. The summed E-state index contributed by atoms with van der Waals surface area (Å²) in [5, 5.41) is 3.14. The van der Waals surface area contributed by atoms with Gasteiger partial charge in [0.15, 0.2) is 5.78 Å². The van der Waals surface area contributed by atoms with Crippen molar-refractivity contribution in [1.82, 2.24) is 5.32 Å². The molecule has 0 radical (unpaired) electrons. The first-order valence-electron chi connectivity index (χ1n) is 6.39. The molecule has 0 saturated heterocycles. The molecular formula is C15H15NO2. The Morgan fingerprint density at radius 1 is 1.11 bits per heavy atom. The van der Waals surface area contributed by atoms with Crippen molar-refractivity contribution >= 4 is 11.6 Å². The summed E-state index contributed by atoms with van der Waals surface area (Å²) in [4.78, 5) is 24.1. The van der Waals surface area contributed by atoms with E-state index in [1.54, 1.807) is 24.3 Å². The zero-order chi connectivity index (χ0) is 12.5. The van der Waals surface area contributed by atoms with E-state index in [0.717, 1.165) is 6.54 Å². The van der Waals surface area contributed by atoms with Gasteiger partial charge in [0, 0.05) is 23.7 Å². The van der Waals surface area contributed by atoms with Crippen molar-refractivity contribution in [3.8, 4) is 0 Å². The highest BCUT2D eigenvalue weighted by Gasteiger charge is 2.26. The number of hydrogen-bond acceptors (Lipinski definition) is 3. The fourth-order valence-corrected chi connectivity index (χ4v) is 2.40. The summed E-state index contributed by atoms with van der Waals surface area (Å²) in [6, 6.07) is 6.99. The molecule has 0 aliphatic heterocycles. The van der Waals surface area contributed by atoms with Crippen LogP contribution in [-0.4, -0.2) is 18.1 Å². The smallest absolute Gasteiger partial charge is 0.209 e. The molecule has 92 valence electrons. The Labute approximate surface area is 106 Å². The molecule has 1 fully saturated rings. The van der Waals surface area contributed by atoms with Gasteiger partial charge in [-0.1, -0.05) is 30.7 Å². The molecule has 3 heteroatoms. The quantitative estimate of drug-likeness (QED) is 0.883. The number of fused-ring (bicyclic) bond motifs is 1. The highest BCUT2D eigenvalue weighted by Crippen LogP contribution is 2.26. The number of hydrogen-bond donors (Lipinski definition) is 1. The Bertz CT molecular complexity index is 541. The van der Waals surface area contributed by atoms with E-state index in [4.69, 9.17) is 0 Å². The van der Waals surface area contributed by atoms with E-state index in [9.17, 15) is 9.59 Å². The van der Waals surface area contributed by atoms with E-state index < -0.39 is 0 Å². The molecule has 0 amide bonds. The molecule has 0 unspecified atom stereocenters. The van der Waals surface area contributed by atoms with Crippen LogP contribution < -0.4 is 5.32 Å². The van der Waals surface area contributed by atoms with Crippen molar-refractivity contribution in [3.05, 3.63) is 47.2 Å². The van der Waals surface area contributed by atoms with Crippen molar-refractivity contribution in [3.63, 3.8) is 0 Å². The van der Waals surface area contributed by atoms with Crippen molar-refractivity contribution in [2.75, 3.05) is 6.54 Å². The molecule has 2 aliphatic carbocycles. The van der Waals surface area contributed by atoms with E-state index in [1.165, 1.54) is 25.3 Å². The Balaban J connectivity index is 1.80. The van der Waals surface area contributed by atoms with E-state index in [2.05, 4.69) is 5.32 Å². The highest BCUT2D eigenvalue weighted by atomic mass is 16.1. The lowest BCUT2D eigenvalue weighted by Crippen LogP contribution is -2.32. The van der Waals surface area contributed by atoms with Crippen molar-refractivity contribution < 1.29 is 9.59 Å². The predicted octanol–water partition coefficient (Wildman–Crippen LogP) is 2.34. The summed E-state index contributed by atoms with van der Waals surface area (Å²) in [6.07, 6.45) is 5.16. The van der Waals surface area contributed by atoms with Crippen LogP contribution in [0.15, 0.2) is 36.0 Å². The fourth-order valence-electron chi connectivity index (χ4n) is 2.40. The van der Waals surface area contributed by atoms with Crippen LogP contribution in [0.3, 0.4) is 0 Å². The molecule has 1 N–H and O–H groups in total. The molecule has 0 bridgehead atoms. The first-order valence-corrected chi connectivity index (χ1v) is 6.39. The largest absolute Gasteiger partial charge is 0.381 e. The molecule has 1 aromatic carbocycles. The van der Waals surface area contributed by atoms with Gasteiger partial charge in [0.2, 0.25) is 5.78 Å². The summed E-state index contributed by atoms with van der Waals surface area (Å²) in [7, 11) is 0. The van der Waals surface area contributed by atoms with Crippen LogP contribution in [0, 0.1) is 5.92 Å². The normalized spacial score (nSPS) is 19.0. The Morgan fingerprint density at radius 2 is 1.83 bits per heavy atom. The van der Waals surface area contributed by atoms with Gasteiger partial charge in [-0.05, 0) is 18.8 Å². The van der Waals surface area contributed by atoms with Gasteiger partial charge in [-0.25, -0.2) is 0 Å². The molecule has 0 heterocycles. The number of carbonyl (C=O) groups excluding carboxylic acids is 2. The van der Waals surface area contributed by atoms with Gasteiger partial charge in [-0.15, -0.1) is 0 Å². The first-order chi connectivity index (χ1) is 8.75. The summed E-state index contributed by atoms with van der Waals surface area (Å²) < 4.78 is 0. The highest BCUT2D eigenvalue weighted by molar-refractivity contribution is 6.24. The molecule has 1 aromatic rings. The van der Waals surface area contributed by atoms with Crippen LogP contribution in [0.4, 0.5) is 0 Å². The van der Waals surface area contributed by atoms with Crippen molar-refractivity contribution in [2.24, 2.45) is 5.92 Å². The van der Waals surface area contributed by atoms with Crippen LogP contribution in [0.2, 0.25) is 0 Å². The first kappa shape index (κ1) is 11.2. The Hall–Kier alpha value is -1.90. The molecule has 3 nitrogen and oxygen atoms in total. The summed E-state index contributed by atoms with van der Waals surface area (Å²) in [5.74, 6) is 0.511. The van der Waals surface area contributed by atoms with Crippen LogP contribution >= 0.6 is 0 Å². The van der Waals surface area contributed by atoms with Gasteiger partial charge in [0.05, 0.1) is 5.70 Å². The average Bonchev–Trinajstić information content (AvgIpc) is 2.33. The minimum absolute atomic E-state index is 0.0653. The maximum absolute atomic E-state index is 12.2. The van der Waals surface area contributed by atoms with Gasteiger partial charge in [-0.3, -0.25) is 9.59 Å². The third-order valence-electron chi connectivity index (χ3n) is 3.76. The number of carbonyl (C=O) groups is 2. The van der Waals surface area contributed by atoms with Crippen molar-refractivity contribution in [2.45, 2.75) is 19.3 Å². The second kappa shape index (κ2) is 4.41. The van der Waals surface area contributed by atoms with E-state index in [0.29, 0.717) is 22.7 Å². The lowest BCUT2D eigenvalue weighted by molar-refractivity contribution is 0.0976. The molecule has 0 atom stereocenters. The van der Waals surface area contributed by atoms with Crippen LogP contribution in [-0.2, 0) is 0 Å². The van der Waals surface area contributed by atoms with Gasteiger partial charge >= 0.3 is 0 Å². The molecule has 0 spiro atoms. The van der Waals surface area contributed by atoms with Crippen LogP contribution in [0.1, 0.15) is 40.0 Å². The van der Waals surface area contributed by atoms with Crippen LogP contribution in [0.5, 0.6) is 0 Å². The second-order valence-corrected chi connectivity index (χ2v) is 4.97. The summed E-state index contributed by atoms with van der Waals surface area (Å²) in [5.41, 5.74) is 1.48. The minimum Gasteiger partial charge on any atom is -0.381 e. The van der Waals surface area contributed by atoms with Gasteiger partial charge < -0.3 is 5.32 Å². The lowest BCUT2D eigenvalue weighted by Gasteiger charge is -2.27. The number of rotatable bonds is 3. The third-order valence-corrected chi connectivity index (χ3v) is 3.76. The van der Waals surface area contributed by atoms with Gasteiger partial charge in [0.25, 0.3) is 0 Å². The predicted molar refractivity (Wildman–Crippen MR) is 68.5 cm³/mol. The monoisotopic (exact) mass is 241 g/mol. The summed E-state index contributed by atoms with van der Waals surface area (Å²) in [6.45, 7) is 0.799. The maximum atomic E-state index is 12.2.